The number of quaternary nitrogens is 1. The molecule has 0 atom stereocenters. The van der Waals surface area contributed by atoms with Gasteiger partial charge in [0.15, 0.2) is 22.2 Å². The van der Waals surface area contributed by atoms with Gasteiger partial charge in [-0.3, -0.25) is 0 Å². The van der Waals surface area contributed by atoms with E-state index < -0.39 is 11.7 Å². The van der Waals surface area contributed by atoms with Crippen molar-refractivity contribution >= 4 is 39.5 Å². The normalized spacial score (nSPS) is 13.9. The number of nitrogens with two attached hydrogens (primary N) is 1. The van der Waals surface area contributed by atoms with Crippen molar-refractivity contribution < 1.29 is 24.2 Å². The summed E-state index contributed by atoms with van der Waals surface area (Å²) in [5, 5.41) is 5.39. The summed E-state index contributed by atoms with van der Waals surface area (Å²) >= 11 is 1.49. The number of Topliss-reactive ketones (excluding diaryl/α,β-unsaturated/α-hetero) is 1. The molecule has 7 heteroatoms. The third kappa shape index (κ3) is 3.87. The number of nitrogens with zero attached hydrogens (tertiary/aromatic N) is 2. The Labute approximate surface area is 172 Å². The van der Waals surface area contributed by atoms with Crippen LogP contribution in [0, 0.1) is 11.4 Å². The summed E-state index contributed by atoms with van der Waals surface area (Å²) in [6.07, 6.45) is 4.56. The topological polar surface area (TPSA) is 76.8 Å². The maximum atomic E-state index is 13.3. The predicted octanol–water partition coefficient (Wildman–Crippen LogP) is 1.74. The fraction of sp³-hybridized carbons (Fsp3) is 0.182. The Kier molecular flexibility index (Phi) is 4.86. The third-order valence-corrected chi connectivity index (χ3v) is 5.33. The van der Waals surface area contributed by atoms with Gasteiger partial charge in [-0.05, 0) is 44.0 Å². The number of carbonyl (C=O) groups excluding carboxylic acids is 2. The van der Waals surface area contributed by atoms with Crippen LogP contribution in [0.25, 0.3) is 10.9 Å². The molecule has 3 aromatic rings. The van der Waals surface area contributed by atoms with Crippen molar-refractivity contribution in [2.75, 3.05) is 0 Å². The Morgan fingerprint density at radius 3 is 2.76 bits per heavy atom. The summed E-state index contributed by atoms with van der Waals surface area (Å²) in [6.45, 7) is 5.44. The number of rotatable bonds is 3. The van der Waals surface area contributed by atoms with Gasteiger partial charge < -0.3 is 19.8 Å². The third-order valence-electron chi connectivity index (χ3n) is 4.35. The Morgan fingerprint density at radius 2 is 2.03 bits per heavy atom. The van der Waals surface area contributed by atoms with Crippen LogP contribution in [0.15, 0.2) is 55.0 Å². The van der Waals surface area contributed by atoms with Crippen LogP contribution in [0.2, 0.25) is 0 Å². The molecule has 0 aliphatic carbocycles. The van der Waals surface area contributed by atoms with Crippen LogP contribution < -0.4 is 9.88 Å². The first-order valence-corrected chi connectivity index (χ1v) is 10.1. The maximum absolute atomic E-state index is 13.3. The van der Waals surface area contributed by atoms with Crippen LogP contribution in [0.4, 0.5) is 4.79 Å². The van der Waals surface area contributed by atoms with E-state index in [9.17, 15) is 9.59 Å². The second kappa shape index (κ2) is 7.35. The molecule has 0 saturated heterocycles. The summed E-state index contributed by atoms with van der Waals surface area (Å²) in [5.41, 5.74) is 1.46. The zero-order valence-electron chi connectivity index (χ0n) is 16.4. The lowest BCUT2D eigenvalue weighted by Gasteiger charge is -2.17. The zero-order valence-corrected chi connectivity index (χ0v) is 17.2. The van der Waals surface area contributed by atoms with Crippen LogP contribution in [-0.2, 0) is 16.1 Å². The van der Waals surface area contributed by atoms with Crippen LogP contribution in [0.3, 0.4) is 0 Å². The van der Waals surface area contributed by atoms with E-state index in [0.717, 1.165) is 16.3 Å². The fourth-order valence-electron chi connectivity index (χ4n) is 3.09. The van der Waals surface area contributed by atoms with Gasteiger partial charge in [-0.1, -0.05) is 12.3 Å². The highest BCUT2D eigenvalue weighted by Gasteiger charge is 2.34. The molecule has 29 heavy (non-hydrogen) atoms. The number of fused-ring (bicyclic) bond motifs is 1. The van der Waals surface area contributed by atoms with E-state index in [0.29, 0.717) is 17.1 Å². The van der Waals surface area contributed by atoms with Crippen molar-refractivity contribution in [2.24, 2.45) is 0 Å². The molecule has 1 aromatic carbocycles. The van der Waals surface area contributed by atoms with Crippen molar-refractivity contribution in [2.45, 2.75) is 26.4 Å². The van der Waals surface area contributed by atoms with Gasteiger partial charge in [0.1, 0.15) is 17.6 Å². The van der Waals surface area contributed by atoms with Crippen molar-refractivity contribution in [3.05, 3.63) is 77.5 Å². The lowest BCUT2D eigenvalue weighted by molar-refractivity contribution is -0.580. The zero-order chi connectivity index (χ0) is 20.6. The Hall–Kier alpha value is -3.16. The van der Waals surface area contributed by atoms with E-state index in [-0.39, 0.29) is 5.78 Å². The average molecular weight is 407 g/mol. The van der Waals surface area contributed by atoms with E-state index in [1.54, 1.807) is 18.6 Å². The van der Waals surface area contributed by atoms with Gasteiger partial charge in [0, 0.05) is 5.56 Å². The van der Waals surface area contributed by atoms with Crippen LogP contribution >= 0.6 is 0 Å². The molecular formula is C22H21N3O3S. The largest absolute Gasteiger partial charge is 0.545 e. The number of carbonyl (C=O) groups is 2. The number of ether oxygens (including phenoxy) is 1. The van der Waals surface area contributed by atoms with Crippen LogP contribution in [0.1, 0.15) is 36.7 Å². The number of aromatic nitrogens is 2. The molecule has 0 radical (unpaired) electrons. The number of para-hydroxylation sites is 1. The Balaban J connectivity index is 1.64. The predicted molar refractivity (Wildman–Crippen MR) is 111 cm³/mol. The highest BCUT2D eigenvalue weighted by atomic mass is 32.1. The quantitative estimate of drug-likeness (QED) is 0.236. The minimum atomic E-state index is -0.626. The summed E-state index contributed by atoms with van der Waals surface area (Å²) in [5.74, 6) is -0.130. The molecule has 0 saturated carbocycles. The molecule has 148 valence electrons. The molecule has 2 aromatic heterocycles. The molecule has 1 aliphatic heterocycles. The van der Waals surface area contributed by atoms with Gasteiger partial charge in [-0.15, -0.1) is 24.3 Å². The lowest BCUT2D eigenvalue weighted by atomic mass is 10.0. The minimum Gasteiger partial charge on any atom is -0.435 e. The van der Waals surface area contributed by atoms with Crippen LogP contribution in [0.5, 0.6) is 0 Å². The first-order chi connectivity index (χ1) is 13.8. The molecule has 0 amide bonds. The average Bonchev–Trinajstić information content (AvgIpc) is 3.32. The first kappa shape index (κ1) is 19.2. The lowest BCUT2D eigenvalue weighted by Crippen LogP contribution is -2.86. The van der Waals surface area contributed by atoms with E-state index >= 15 is 0 Å². The maximum Gasteiger partial charge on any atom is 0.545 e. The van der Waals surface area contributed by atoms with Crippen molar-refractivity contribution in [3.63, 3.8) is 0 Å². The summed E-state index contributed by atoms with van der Waals surface area (Å²) in [7, 11) is 0. The molecule has 0 bridgehead atoms. The summed E-state index contributed by atoms with van der Waals surface area (Å²) in [4.78, 5) is 30.0. The van der Waals surface area contributed by atoms with Crippen molar-refractivity contribution in [1.29, 1.82) is 0 Å². The van der Waals surface area contributed by atoms with Gasteiger partial charge >= 0.3 is 6.09 Å². The standard InChI is InChI=1S/C22H21N3O3S/c1-22(2,3)28-21(27)25-12-16(15-8-4-5-9-18(15)25)19(26)17-13-29-20(24-17)14-7-6-10-23-11-14/h4-13H,24H2,1-3H3. The molecule has 4 rings (SSSR count). The van der Waals surface area contributed by atoms with Gasteiger partial charge in [0.2, 0.25) is 0 Å². The first-order valence-electron chi connectivity index (χ1n) is 9.20. The number of ketones is 1. The highest BCUT2D eigenvalue weighted by molar-refractivity contribution is 7.81. The number of hydrogen-bond acceptors (Lipinski definition) is 4. The molecule has 0 unspecified atom stereocenters. The van der Waals surface area contributed by atoms with Crippen molar-refractivity contribution in [1.82, 2.24) is 4.98 Å². The van der Waals surface area contributed by atoms with Gasteiger partial charge in [-0.2, -0.15) is 4.57 Å². The number of hydrogen-bond donors (Lipinski definition) is 1. The number of benzene rings is 1. The van der Waals surface area contributed by atoms with E-state index in [2.05, 4.69) is 4.98 Å². The second-order valence-electron chi connectivity index (χ2n) is 7.68. The monoisotopic (exact) mass is 407 g/mol. The molecule has 3 heterocycles. The van der Waals surface area contributed by atoms with Gasteiger partial charge in [-0.25, -0.2) is 4.79 Å². The highest BCUT2D eigenvalue weighted by Crippen LogP contribution is 2.21. The SMILES string of the molecule is CC(C)(C)OC(=O)[n+]1cc(C(=O)[C-]2C=[S+][C-](c3cccnc3)[NH2+]2)c2cccc[c-]21. The Morgan fingerprint density at radius 1 is 1.21 bits per heavy atom. The minimum absolute atomic E-state index is 0.130. The summed E-state index contributed by atoms with van der Waals surface area (Å²) in [6, 6.07) is 11.8. The van der Waals surface area contributed by atoms with Gasteiger partial charge in [0.25, 0.3) is 5.37 Å². The smallest absolute Gasteiger partial charge is 0.435 e. The van der Waals surface area contributed by atoms with E-state index in [4.69, 9.17) is 4.74 Å². The van der Waals surface area contributed by atoms with Gasteiger partial charge in [0.05, 0.1) is 6.04 Å². The fourth-order valence-corrected chi connectivity index (χ4v) is 3.97. The second-order valence-corrected chi connectivity index (χ2v) is 8.59. The molecule has 1 aliphatic rings. The van der Waals surface area contributed by atoms with Crippen molar-refractivity contribution in [3.8, 4) is 0 Å². The molecule has 0 fully saturated rings. The Bertz CT molecular complexity index is 1100. The van der Waals surface area contributed by atoms with Crippen LogP contribution in [-0.4, -0.2) is 27.8 Å². The van der Waals surface area contributed by atoms with E-state index in [1.807, 2.05) is 67.9 Å². The molecular weight excluding hydrogens is 386 g/mol. The molecule has 0 spiro atoms. The summed E-state index contributed by atoms with van der Waals surface area (Å²) < 4.78 is 6.91. The molecule has 2 N–H and O–H groups in total. The molecule has 6 nitrogen and oxygen atoms in total. The van der Waals surface area contributed by atoms with E-state index in [1.165, 1.54) is 15.9 Å². The number of pyridine rings is 1.